The van der Waals surface area contributed by atoms with Crippen molar-refractivity contribution in [2.75, 3.05) is 19.7 Å². The Morgan fingerprint density at radius 1 is 1.44 bits per heavy atom. The molecule has 0 aromatic heterocycles. The van der Waals surface area contributed by atoms with Gasteiger partial charge in [-0.15, -0.1) is 0 Å². The van der Waals surface area contributed by atoms with Gasteiger partial charge >= 0.3 is 0 Å². The number of hydrogen-bond acceptors (Lipinski definition) is 3. The molecule has 0 saturated heterocycles. The van der Waals surface area contributed by atoms with Crippen molar-refractivity contribution in [2.45, 2.75) is 12.8 Å². The average Bonchev–Trinajstić information content (AvgIpc) is 1.89. The molecule has 0 radical (unpaired) electrons. The average molecular weight is 128 g/mol. The van der Waals surface area contributed by atoms with Crippen LogP contribution in [0.4, 0.5) is 0 Å². The first kappa shape index (κ1) is 8.41. The molecular weight excluding hydrogens is 116 g/mol. The summed E-state index contributed by atoms with van der Waals surface area (Å²) < 4.78 is 0. The van der Waals surface area contributed by atoms with E-state index < -0.39 is 0 Å². The van der Waals surface area contributed by atoms with Crippen molar-refractivity contribution < 1.29 is 5.11 Å². The molecule has 0 atom stereocenters. The van der Waals surface area contributed by atoms with E-state index in [0.717, 1.165) is 13.0 Å². The number of aliphatic hydroxyl groups excluding tert-OH is 1. The molecule has 0 spiro atoms. The second-order valence-electron chi connectivity index (χ2n) is 1.74. The molecule has 0 unspecified atom stereocenters. The van der Waals surface area contributed by atoms with Gasteiger partial charge in [0.05, 0.1) is 12.7 Å². The third-order valence-corrected chi connectivity index (χ3v) is 0.931. The number of unbranched alkanes of at least 4 members (excludes halogenated alkanes) is 1. The second kappa shape index (κ2) is 7.41. The molecule has 0 rings (SSSR count). The van der Waals surface area contributed by atoms with Gasteiger partial charge in [0.15, 0.2) is 0 Å². The summed E-state index contributed by atoms with van der Waals surface area (Å²) in [4.78, 5) is 0. The molecule has 0 amide bonds. The standard InChI is InChI=1S/C6H12N2O/c7-3-1-2-4-8-5-6-9/h8-9H,1-2,4-6H2. The summed E-state index contributed by atoms with van der Waals surface area (Å²) in [6.45, 7) is 1.63. The van der Waals surface area contributed by atoms with E-state index in [-0.39, 0.29) is 6.61 Å². The summed E-state index contributed by atoms with van der Waals surface area (Å²) in [5, 5.41) is 19.4. The van der Waals surface area contributed by atoms with Gasteiger partial charge in [-0.2, -0.15) is 5.26 Å². The minimum atomic E-state index is 0.173. The normalized spacial score (nSPS) is 8.89. The van der Waals surface area contributed by atoms with Gasteiger partial charge in [-0.1, -0.05) is 0 Å². The van der Waals surface area contributed by atoms with Crippen molar-refractivity contribution >= 4 is 0 Å². The third kappa shape index (κ3) is 7.41. The molecule has 0 aliphatic rings. The Morgan fingerprint density at radius 3 is 2.78 bits per heavy atom. The van der Waals surface area contributed by atoms with E-state index in [1.54, 1.807) is 0 Å². The van der Waals surface area contributed by atoms with Crippen molar-refractivity contribution in [2.24, 2.45) is 0 Å². The number of hydrogen-bond donors (Lipinski definition) is 2. The molecule has 0 aromatic carbocycles. The molecule has 9 heavy (non-hydrogen) atoms. The lowest BCUT2D eigenvalue weighted by atomic mass is 10.3. The van der Waals surface area contributed by atoms with Crippen LogP contribution in [0.5, 0.6) is 0 Å². The number of nitrogens with one attached hydrogen (secondary N) is 1. The van der Waals surface area contributed by atoms with E-state index in [4.69, 9.17) is 10.4 Å². The minimum Gasteiger partial charge on any atom is -0.395 e. The maximum Gasteiger partial charge on any atom is 0.0622 e. The van der Waals surface area contributed by atoms with Crippen molar-refractivity contribution in [3.05, 3.63) is 0 Å². The van der Waals surface area contributed by atoms with Crippen LogP contribution in [0.2, 0.25) is 0 Å². The number of nitriles is 1. The minimum absolute atomic E-state index is 0.173. The zero-order valence-corrected chi connectivity index (χ0v) is 5.43. The van der Waals surface area contributed by atoms with Gasteiger partial charge in [-0.3, -0.25) is 0 Å². The highest BCUT2D eigenvalue weighted by Gasteiger charge is 1.83. The Labute approximate surface area is 55.3 Å². The molecule has 3 heteroatoms. The molecular formula is C6H12N2O. The quantitative estimate of drug-likeness (QED) is 0.507. The molecule has 2 N–H and O–H groups in total. The monoisotopic (exact) mass is 128 g/mol. The maximum atomic E-state index is 8.30. The van der Waals surface area contributed by atoms with Crippen molar-refractivity contribution in [3.8, 4) is 6.07 Å². The SMILES string of the molecule is N#CCCCNCCO. The molecule has 0 aliphatic heterocycles. The summed E-state index contributed by atoms with van der Waals surface area (Å²) >= 11 is 0. The number of aliphatic hydroxyl groups is 1. The van der Waals surface area contributed by atoms with Crippen LogP contribution in [0, 0.1) is 11.3 Å². The van der Waals surface area contributed by atoms with Crippen LogP contribution in [0.25, 0.3) is 0 Å². The van der Waals surface area contributed by atoms with E-state index in [9.17, 15) is 0 Å². The first-order chi connectivity index (χ1) is 4.41. The van der Waals surface area contributed by atoms with Crippen molar-refractivity contribution in [1.82, 2.24) is 5.32 Å². The summed E-state index contributed by atoms with van der Waals surface area (Å²) in [5.74, 6) is 0. The summed E-state index contributed by atoms with van der Waals surface area (Å²) in [5.41, 5.74) is 0. The lowest BCUT2D eigenvalue weighted by Gasteiger charge is -1.97. The fourth-order valence-electron chi connectivity index (χ4n) is 0.497. The van der Waals surface area contributed by atoms with Crippen LogP contribution in [-0.2, 0) is 0 Å². The van der Waals surface area contributed by atoms with Gasteiger partial charge in [0.2, 0.25) is 0 Å². The Bertz CT molecular complexity index is 87.5. The summed E-state index contributed by atoms with van der Waals surface area (Å²) in [6.07, 6.45) is 1.47. The van der Waals surface area contributed by atoms with E-state index in [0.29, 0.717) is 13.0 Å². The molecule has 52 valence electrons. The maximum absolute atomic E-state index is 8.30. The Hall–Kier alpha value is -0.590. The zero-order valence-electron chi connectivity index (χ0n) is 5.43. The topological polar surface area (TPSA) is 56.0 Å². The second-order valence-corrected chi connectivity index (χ2v) is 1.74. The first-order valence-corrected chi connectivity index (χ1v) is 3.10. The van der Waals surface area contributed by atoms with Crippen LogP contribution in [0.1, 0.15) is 12.8 Å². The van der Waals surface area contributed by atoms with Crippen molar-refractivity contribution in [3.63, 3.8) is 0 Å². The highest BCUT2D eigenvalue weighted by Crippen LogP contribution is 1.81. The fourth-order valence-corrected chi connectivity index (χ4v) is 0.497. The van der Waals surface area contributed by atoms with E-state index >= 15 is 0 Å². The predicted molar refractivity (Wildman–Crippen MR) is 34.8 cm³/mol. The van der Waals surface area contributed by atoms with Crippen LogP contribution in [0.3, 0.4) is 0 Å². The highest BCUT2D eigenvalue weighted by molar-refractivity contribution is 4.68. The van der Waals surface area contributed by atoms with Gasteiger partial charge in [0, 0.05) is 13.0 Å². The van der Waals surface area contributed by atoms with E-state index in [1.165, 1.54) is 0 Å². The van der Waals surface area contributed by atoms with Gasteiger partial charge in [-0.25, -0.2) is 0 Å². The molecule has 0 aliphatic carbocycles. The third-order valence-electron chi connectivity index (χ3n) is 0.931. The largest absolute Gasteiger partial charge is 0.395 e. The Balaban J connectivity index is 2.69. The predicted octanol–water partition coefficient (Wildman–Crippen LogP) is -0.128. The zero-order chi connectivity index (χ0) is 6.95. The van der Waals surface area contributed by atoms with Gasteiger partial charge in [-0.05, 0) is 13.0 Å². The van der Waals surface area contributed by atoms with Crippen molar-refractivity contribution in [1.29, 1.82) is 5.26 Å². The lowest BCUT2D eigenvalue weighted by molar-refractivity contribution is 0.292. The van der Waals surface area contributed by atoms with E-state index in [2.05, 4.69) is 5.32 Å². The molecule has 0 aromatic rings. The highest BCUT2D eigenvalue weighted by atomic mass is 16.3. The Kier molecular flexibility index (Phi) is 6.92. The summed E-state index contributed by atoms with van der Waals surface area (Å²) in [6, 6.07) is 2.04. The number of rotatable bonds is 5. The van der Waals surface area contributed by atoms with E-state index in [1.807, 2.05) is 6.07 Å². The van der Waals surface area contributed by atoms with Crippen LogP contribution < -0.4 is 5.32 Å². The molecule has 0 saturated carbocycles. The molecule has 3 nitrogen and oxygen atoms in total. The van der Waals surface area contributed by atoms with Crippen LogP contribution in [0.15, 0.2) is 0 Å². The Morgan fingerprint density at radius 2 is 2.22 bits per heavy atom. The molecule has 0 fully saturated rings. The van der Waals surface area contributed by atoms with Gasteiger partial charge in [0.1, 0.15) is 0 Å². The van der Waals surface area contributed by atoms with Crippen LogP contribution >= 0.6 is 0 Å². The molecule has 0 bridgehead atoms. The summed E-state index contributed by atoms with van der Waals surface area (Å²) in [7, 11) is 0. The lowest BCUT2D eigenvalue weighted by Crippen LogP contribution is -2.18. The van der Waals surface area contributed by atoms with Gasteiger partial charge in [0.25, 0.3) is 0 Å². The van der Waals surface area contributed by atoms with Crippen LogP contribution in [-0.4, -0.2) is 24.8 Å². The fraction of sp³-hybridized carbons (Fsp3) is 0.833. The molecule has 0 heterocycles. The number of nitrogens with zero attached hydrogens (tertiary/aromatic N) is 1. The smallest absolute Gasteiger partial charge is 0.0622 e. The van der Waals surface area contributed by atoms with Gasteiger partial charge < -0.3 is 10.4 Å². The first-order valence-electron chi connectivity index (χ1n) is 3.10.